The Morgan fingerprint density at radius 1 is 1.31 bits per heavy atom. The molecular formula is C14H30N2. The first-order chi connectivity index (χ1) is 7.45. The molecule has 0 aromatic heterocycles. The summed E-state index contributed by atoms with van der Waals surface area (Å²) in [5, 5.41) is 0. The van der Waals surface area contributed by atoms with E-state index in [2.05, 4.69) is 39.2 Å². The summed E-state index contributed by atoms with van der Waals surface area (Å²) >= 11 is 0. The summed E-state index contributed by atoms with van der Waals surface area (Å²) in [6, 6.07) is 0.352. The molecule has 0 rings (SSSR count). The van der Waals surface area contributed by atoms with Crippen LogP contribution in [-0.4, -0.2) is 30.6 Å². The maximum absolute atomic E-state index is 5.75. The molecule has 0 radical (unpaired) electrons. The summed E-state index contributed by atoms with van der Waals surface area (Å²) in [6.45, 7) is 16.1. The Morgan fingerprint density at radius 3 is 2.38 bits per heavy atom. The molecule has 2 atom stereocenters. The van der Waals surface area contributed by atoms with E-state index in [0.29, 0.717) is 6.04 Å². The van der Waals surface area contributed by atoms with Crippen molar-refractivity contribution < 1.29 is 0 Å². The Hall–Kier alpha value is -0.340. The van der Waals surface area contributed by atoms with Crippen molar-refractivity contribution in [2.24, 2.45) is 11.7 Å². The molecule has 2 nitrogen and oxygen atoms in total. The fourth-order valence-corrected chi connectivity index (χ4v) is 2.01. The molecule has 96 valence electrons. The van der Waals surface area contributed by atoms with E-state index >= 15 is 0 Å². The van der Waals surface area contributed by atoms with Crippen molar-refractivity contribution in [3.05, 3.63) is 12.2 Å². The van der Waals surface area contributed by atoms with Crippen molar-refractivity contribution in [2.75, 3.05) is 19.6 Å². The zero-order chi connectivity index (χ0) is 12.6. The molecule has 0 amide bonds. The molecule has 0 saturated heterocycles. The molecule has 16 heavy (non-hydrogen) atoms. The summed E-state index contributed by atoms with van der Waals surface area (Å²) < 4.78 is 0. The summed E-state index contributed by atoms with van der Waals surface area (Å²) in [5.74, 6) is 0.762. The van der Waals surface area contributed by atoms with E-state index in [-0.39, 0.29) is 0 Å². The number of hydrogen-bond donors (Lipinski definition) is 1. The van der Waals surface area contributed by atoms with Crippen LogP contribution in [0.1, 0.15) is 47.0 Å². The quantitative estimate of drug-likeness (QED) is 0.612. The Morgan fingerprint density at radius 2 is 1.94 bits per heavy atom. The first kappa shape index (κ1) is 15.7. The van der Waals surface area contributed by atoms with E-state index < -0.39 is 0 Å². The monoisotopic (exact) mass is 226 g/mol. The van der Waals surface area contributed by atoms with Crippen LogP contribution in [0.2, 0.25) is 0 Å². The van der Waals surface area contributed by atoms with Crippen LogP contribution in [0.5, 0.6) is 0 Å². The first-order valence-corrected chi connectivity index (χ1v) is 6.58. The van der Waals surface area contributed by atoms with Crippen molar-refractivity contribution in [3.8, 4) is 0 Å². The normalized spacial score (nSPS) is 15.1. The smallest absolute Gasteiger partial charge is 0.0187 e. The highest BCUT2D eigenvalue weighted by Gasteiger charge is 2.08. The van der Waals surface area contributed by atoms with Crippen molar-refractivity contribution >= 4 is 0 Å². The van der Waals surface area contributed by atoms with Crippen LogP contribution < -0.4 is 5.73 Å². The molecule has 0 aliphatic rings. The SMILES string of the molecule is C=C(C)CN(CC)CC(C)CCCC(C)N. The summed E-state index contributed by atoms with van der Waals surface area (Å²) in [6.07, 6.45) is 3.69. The van der Waals surface area contributed by atoms with Gasteiger partial charge in [0.15, 0.2) is 0 Å². The highest BCUT2D eigenvalue weighted by molar-refractivity contribution is 4.91. The van der Waals surface area contributed by atoms with Crippen LogP contribution in [-0.2, 0) is 0 Å². The summed E-state index contributed by atoms with van der Waals surface area (Å²) in [5.41, 5.74) is 7.00. The number of nitrogens with two attached hydrogens (primary N) is 1. The number of nitrogens with zero attached hydrogens (tertiary/aromatic N) is 1. The molecule has 2 unspecified atom stereocenters. The zero-order valence-electron chi connectivity index (χ0n) is 11.6. The lowest BCUT2D eigenvalue weighted by atomic mass is 10.0. The third kappa shape index (κ3) is 8.93. The number of rotatable bonds is 9. The molecule has 0 aromatic rings. The van der Waals surface area contributed by atoms with E-state index in [1.54, 1.807) is 0 Å². The largest absolute Gasteiger partial charge is 0.328 e. The van der Waals surface area contributed by atoms with Crippen LogP contribution in [0.3, 0.4) is 0 Å². The molecule has 0 heterocycles. The maximum Gasteiger partial charge on any atom is 0.0187 e. The Bertz CT molecular complexity index is 187. The van der Waals surface area contributed by atoms with Crippen molar-refractivity contribution in [3.63, 3.8) is 0 Å². The minimum atomic E-state index is 0.352. The highest BCUT2D eigenvalue weighted by atomic mass is 15.1. The number of likely N-dealkylation sites (N-methyl/N-ethyl adjacent to an activating group) is 1. The fraction of sp³-hybridized carbons (Fsp3) is 0.857. The molecule has 0 aromatic carbocycles. The summed E-state index contributed by atoms with van der Waals surface area (Å²) in [4.78, 5) is 2.47. The van der Waals surface area contributed by atoms with Crippen molar-refractivity contribution in [1.82, 2.24) is 4.90 Å². The third-order valence-electron chi connectivity index (χ3n) is 2.87. The fourth-order valence-electron chi connectivity index (χ4n) is 2.01. The zero-order valence-corrected chi connectivity index (χ0v) is 11.6. The predicted molar refractivity (Wildman–Crippen MR) is 73.6 cm³/mol. The van der Waals surface area contributed by atoms with Crippen molar-refractivity contribution in [1.29, 1.82) is 0 Å². The standard InChI is InChI=1S/C14H30N2/c1-6-16(10-12(2)3)11-13(4)8-7-9-14(5)15/h13-14H,2,6-11,15H2,1,3-5H3. The second-order valence-corrected chi connectivity index (χ2v) is 5.30. The highest BCUT2D eigenvalue weighted by Crippen LogP contribution is 2.11. The minimum Gasteiger partial charge on any atom is -0.328 e. The van der Waals surface area contributed by atoms with E-state index in [1.807, 2.05) is 0 Å². The van der Waals surface area contributed by atoms with Gasteiger partial charge in [0.2, 0.25) is 0 Å². The maximum atomic E-state index is 5.75. The molecule has 0 fully saturated rings. The second-order valence-electron chi connectivity index (χ2n) is 5.30. The van der Waals surface area contributed by atoms with Gasteiger partial charge >= 0.3 is 0 Å². The number of hydrogen-bond acceptors (Lipinski definition) is 2. The van der Waals surface area contributed by atoms with Gasteiger partial charge in [-0.1, -0.05) is 32.4 Å². The van der Waals surface area contributed by atoms with Gasteiger partial charge in [-0.15, -0.1) is 0 Å². The van der Waals surface area contributed by atoms with E-state index in [1.165, 1.54) is 25.0 Å². The van der Waals surface area contributed by atoms with Gasteiger partial charge in [0.25, 0.3) is 0 Å². The van der Waals surface area contributed by atoms with Gasteiger partial charge in [-0.05, 0) is 39.2 Å². The van der Waals surface area contributed by atoms with Gasteiger partial charge in [-0.2, -0.15) is 0 Å². The molecule has 0 aliphatic heterocycles. The predicted octanol–water partition coefficient (Wildman–Crippen LogP) is 3.04. The van der Waals surface area contributed by atoms with E-state index in [0.717, 1.165) is 25.4 Å². The lowest BCUT2D eigenvalue weighted by molar-refractivity contribution is 0.257. The minimum absolute atomic E-state index is 0.352. The van der Waals surface area contributed by atoms with Gasteiger partial charge in [-0.3, -0.25) is 4.90 Å². The average molecular weight is 226 g/mol. The Balaban J connectivity index is 3.73. The van der Waals surface area contributed by atoms with Crippen LogP contribution in [0.25, 0.3) is 0 Å². The van der Waals surface area contributed by atoms with Crippen molar-refractivity contribution in [2.45, 2.75) is 53.0 Å². The Labute approximate surface area is 102 Å². The van der Waals surface area contributed by atoms with Crippen LogP contribution in [0.4, 0.5) is 0 Å². The van der Waals surface area contributed by atoms with E-state index in [4.69, 9.17) is 5.73 Å². The molecule has 0 bridgehead atoms. The summed E-state index contributed by atoms with van der Waals surface area (Å²) in [7, 11) is 0. The van der Waals surface area contributed by atoms with Gasteiger partial charge in [-0.25, -0.2) is 0 Å². The molecule has 0 spiro atoms. The lowest BCUT2D eigenvalue weighted by Crippen LogP contribution is -2.30. The molecule has 0 aliphatic carbocycles. The topological polar surface area (TPSA) is 29.3 Å². The first-order valence-electron chi connectivity index (χ1n) is 6.58. The van der Waals surface area contributed by atoms with Crippen LogP contribution >= 0.6 is 0 Å². The van der Waals surface area contributed by atoms with Gasteiger partial charge in [0.05, 0.1) is 0 Å². The van der Waals surface area contributed by atoms with Gasteiger partial charge < -0.3 is 5.73 Å². The van der Waals surface area contributed by atoms with Crippen LogP contribution in [0.15, 0.2) is 12.2 Å². The molecular weight excluding hydrogens is 196 g/mol. The Kier molecular flexibility index (Phi) is 8.58. The van der Waals surface area contributed by atoms with Crippen LogP contribution in [0, 0.1) is 5.92 Å². The third-order valence-corrected chi connectivity index (χ3v) is 2.87. The molecule has 0 saturated carbocycles. The van der Waals surface area contributed by atoms with Gasteiger partial charge in [0.1, 0.15) is 0 Å². The van der Waals surface area contributed by atoms with Gasteiger partial charge in [0, 0.05) is 19.1 Å². The molecule has 2 heteroatoms. The van der Waals surface area contributed by atoms with E-state index in [9.17, 15) is 0 Å². The lowest BCUT2D eigenvalue weighted by Gasteiger charge is -2.24. The second kappa shape index (κ2) is 8.77. The average Bonchev–Trinajstić information content (AvgIpc) is 2.15. The molecule has 2 N–H and O–H groups in total.